The zero-order chi connectivity index (χ0) is 53.2. The fourth-order valence-electron chi connectivity index (χ4n) is 13.4. The highest BCUT2D eigenvalue weighted by atomic mass is 32.1. The van der Waals surface area contributed by atoms with Crippen LogP contribution in [-0.2, 0) is 13.1 Å². The highest BCUT2D eigenvalue weighted by Gasteiger charge is 2.24. The second-order valence-corrected chi connectivity index (χ2v) is 25.0. The molecule has 0 spiro atoms. The molecule has 8 aromatic rings. The number of benzene rings is 6. The van der Waals surface area contributed by atoms with Crippen molar-refractivity contribution in [1.29, 1.82) is 0 Å². The van der Waals surface area contributed by atoms with E-state index in [1.54, 1.807) is 0 Å². The molecular weight excluding hydrogens is 997 g/mol. The van der Waals surface area contributed by atoms with Crippen molar-refractivity contribution in [2.24, 2.45) is 11.8 Å². The lowest BCUT2D eigenvalue weighted by atomic mass is 9.89. The maximum Gasteiger partial charge on any atom is 0.115 e. The highest BCUT2D eigenvalue weighted by molar-refractivity contribution is 7.72. The topological polar surface area (TPSA) is 9.86 Å². The number of hydrogen-bond acceptors (Lipinski definition) is 4. The number of aromatic nitrogens is 2. The number of nitrogens with zero attached hydrogens (tertiary/aromatic N) is 2. The van der Waals surface area contributed by atoms with Crippen LogP contribution in [0.2, 0.25) is 0 Å². The SMILES string of the molecule is CCCCCCCCCCC(CCCCCCCC)Cn1c(=S)c2c3ccccc3c3ccc4c(ccc5c6ccccc6c6c(=S)n(CC(CCCCCCCC)CCCCCCCCCC)c(=S)c6c54)c3c2c1=S. The summed E-state index contributed by atoms with van der Waals surface area (Å²) >= 11 is 26.9. The van der Waals surface area contributed by atoms with Crippen LogP contribution in [0.25, 0.3) is 75.4 Å². The van der Waals surface area contributed by atoms with Crippen molar-refractivity contribution in [1.82, 2.24) is 9.13 Å². The van der Waals surface area contributed by atoms with Crippen LogP contribution in [0, 0.1) is 30.4 Å². The van der Waals surface area contributed by atoms with Gasteiger partial charge in [0.25, 0.3) is 0 Å². The molecule has 2 nitrogen and oxygen atoms in total. The van der Waals surface area contributed by atoms with E-state index in [9.17, 15) is 0 Å². The summed E-state index contributed by atoms with van der Waals surface area (Å²) in [4.78, 5) is 0. The van der Waals surface area contributed by atoms with E-state index in [0.29, 0.717) is 11.8 Å². The molecule has 0 amide bonds. The molecule has 2 atom stereocenters. The van der Waals surface area contributed by atoms with E-state index in [4.69, 9.17) is 48.9 Å². The summed E-state index contributed by atoms with van der Waals surface area (Å²) < 4.78 is 8.45. The Labute approximate surface area is 479 Å². The molecule has 0 N–H and O–H groups in total. The molecule has 0 bridgehead atoms. The van der Waals surface area contributed by atoms with Crippen molar-refractivity contribution in [3.05, 3.63) is 91.4 Å². The fraction of sp³-hybridized carbons (Fsp3) is 0.571. The molecule has 0 aliphatic carbocycles. The molecule has 2 heterocycles. The van der Waals surface area contributed by atoms with Gasteiger partial charge in [-0.05, 0) is 80.6 Å². The third-order valence-corrected chi connectivity index (χ3v) is 19.5. The lowest BCUT2D eigenvalue weighted by molar-refractivity contribution is 0.355. The van der Waals surface area contributed by atoms with Gasteiger partial charge >= 0.3 is 0 Å². The number of hydrogen-bond donors (Lipinski definition) is 0. The molecule has 0 aliphatic rings. The molecule has 2 unspecified atom stereocenters. The van der Waals surface area contributed by atoms with E-state index >= 15 is 0 Å². The zero-order valence-electron chi connectivity index (χ0n) is 47.7. The minimum Gasteiger partial charge on any atom is -0.322 e. The third kappa shape index (κ3) is 13.9. The Hall–Kier alpha value is -3.42. The standard InChI is InChI=1S/C70H94N2S4/c1-5-9-13-17-21-23-27-31-39-51(37-29-25-19-15-11-7-3)49-71-67(73)63-55-43-35-33-41-53(55)57-45-48-60-59(61(57)65(63)69(71)75)47-46-58-54-42-34-36-44-56(54)64-66(62(58)60)70(76)72(68(64)74)50-52(38-30-26-20-16-12-8-4)40-32-28-24-22-18-14-10-6-2/h33-36,41-48,51-52H,5-32,37-40,49-50H2,1-4H3. The minimum atomic E-state index is 0.559. The van der Waals surface area contributed by atoms with Crippen molar-refractivity contribution in [3.8, 4) is 0 Å². The van der Waals surface area contributed by atoms with Crippen LogP contribution >= 0.6 is 48.9 Å². The summed E-state index contributed by atoms with van der Waals surface area (Å²) in [6.45, 7) is 11.1. The maximum absolute atomic E-state index is 6.78. The second-order valence-electron chi connectivity index (χ2n) is 23.5. The highest BCUT2D eigenvalue weighted by Crippen LogP contribution is 2.46. The minimum absolute atomic E-state index is 0.559. The Morgan fingerprint density at radius 2 is 0.487 bits per heavy atom. The average molecular weight is 1090 g/mol. The van der Waals surface area contributed by atoms with E-state index < -0.39 is 0 Å². The van der Waals surface area contributed by atoms with Gasteiger partial charge in [0.15, 0.2) is 0 Å². The molecule has 6 aromatic carbocycles. The first kappa shape index (κ1) is 58.7. The summed E-state index contributed by atoms with van der Waals surface area (Å²) in [6.07, 6.45) is 42.4. The average Bonchev–Trinajstić information content (AvgIpc) is 3.98. The smallest absolute Gasteiger partial charge is 0.115 e. The van der Waals surface area contributed by atoms with Crippen molar-refractivity contribution >= 4 is 124 Å². The van der Waals surface area contributed by atoms with E-state index in [-0.39, 0.29) is 0 Å². The largest absolute Gasteiger partial charge is 0.322 e. The summed E-state index contributed by atoms with van der Waals surface area (Å²) in [6, 6.07) is 27.4. The Kier molecular flexibility index (Phi) is 23.4. The van der Waals surface area contributed by atoms with E-state index in [1.807, 2.05) is 0 Å². The Bertz CT molecular complexity index is 3120. The van der Waals surface area contributed by atoms with E-state index in [1.165, 1.54) is 259 Å². The molecule has 2 aromatic heterocycles. The van der Waals surface area contributed by atoms with E-state index in [0.717, 1.165) is 53.2 Å². The van der Waals surface area contributed by atoms with Gasteiger partial charge < -0.3 is 9.13 Å². The summed E-state index contributed by atoms with van der Waals surface area (Å²) in [5, 5.41) is 16.9. The van der Waals surface area contributed by atoms with Gasteiger partial charge in [-0.1, -0.05) is 329 Å². The fourth-order valence-corrected chi connectivity index (χ4v) is 15.1. The molecular formula is C70H94N2S4. The molecule has 0 saturated heterocycles. The van der Waals surface area contributed by atoms with Gasteiger partial charge in [0.05, 0.1) is 0 Å². The van der Waals surface area contributed by atoms with Crippen LogP contribution < -0.4 is 0 Å². The lowest BCUT2D eigenvalue weighted by Gasteiger charge is -2.18. The van der Waals surface area contributed by atoms with Crippen LogP contribution in [0.15, 0.2) is 72.8 Å². The van der Waals surface area contributed by atoms with Crippen LogP contribution in [-0.4, -0.2) is 9.13 Å². The molecule has 0 aliphatic heterocycles. The van der Waals surface area contributed by atoms with Crippen LogP contribution in [0.1, 0.15) is 233 Å². The van der Waals surface area contributed by atoms with Gasteiger partial charge in [-0.3, -0.25) is 0 Å². The Morgan fingerprint density at radius 1 is 0.263 bits per heavy atom. The quantitative estimate of drug-likeness (QED) is 0.0220. The van der Waals surface area contributed by atoms with Gasteiger partial charge in [-0.25, -0.2) is 0 Å². The Morgan fingerprint density at radius 3 is 0.776 bits per heavy atom. The molecule has 76 heavy (non-hydrogen) atoms. The molecule has 0 fully saturated rings. The third-order valence-electron chi connectivity index (χ3n) is 17.8. The first-order valence-corrected chi connectivity index (χ1v) is 33.0. The summed E-state index contributed by atoms with van der Waals surface area (Å²) in [5.41, 5.74) is 0. The summed E-state index contributed by atoms with van der Waals surface area (Å²) in [7, 11) is 0. The normalized spacial score (nSPS) is 13.1. The van der Waals surface area contributed by atoms with Gasteiger partial charge in [0.1, 0.15) is 18.6 Å². The molecule has 408 valence electrons. The lowest BCUT2D eigenvalue weighted by Crippen LogP contribution is -2.11. The molecule has 8 rings (SSSR count). The predicted molar refractivity (Wildman–Crippen MR) is 348 cm³/mol. The van der Waals surface area contributed by atoms with Crippen molar-refractivity contribution < 1.29 is 0 Å². The van der Waals surface area contributed by atoms with Crippen molar-refractivity contribution in [2.45, 2.75) is 246 Å². The summed E-state index contributed by atoms with van der Waals surface area (Å²) in [5.74, 6) is 1.12. The van der Waals surface area contributed by atoms with Gasteiger partial charge in [-0.2, -0.15) is 0 Å². The van der Waals surface area contributed by atoms with Crippen molar-refractivity contribution in [3.63, 3.8) is 0 Å². The molecule has 0 radical (unpaired) electrons. The van der Waals surface area contributed by atoms with Gasteiger partial charge in [0, 0.05) is 45.4 Å². The number of rotatable bonds is 36. The molecule has 0 saturated carbocycles. The first-order chi connectivity index (χ1) is 37.3. The monoisotopic (exact) mass is 1090 g/mol. The maximum atomic E-state index is 6.78. The first-order valence-electron chi connectivity index (χ1n) is 31.3. The second kappa shape index (κ2) is 30.2. The number of unbranched alkanes of at least 4 members (excludes halogenated alkanes) is 24. The van der Waals surface area contributed by atoms with Crippen LogP contribution in [0.5, 0.6) is 0 Å². The number of fused-ring (bicyclic) bond motifs is 15. The van der Waals surface area contributed by atoms with Gasteiger partial charge in [0.2, 0.25) is 0 Å². The van der Waals surface area contributed by atoms with Gasteiger partial charge in [-0.15, -0.1) is 0 Å². The Balaban J connectivity index is 1.22. The van der Waals surface area contributed by atoms with Crippen molar-refractivity contribution in [2.75, 3.05) is 0 Å². The van der Waals surface area contributed by atoms with E-state index in [2.05, 4.69) is 110 Å². The molecule has 6 heteroatoms. The van der Waals surface area contributed by atoms with Crippen LogP contribution in [0.3, 0.4) is 0 Å². The zero-order valence-corrected chi connectivity index (χ0v) is 50.9. The predicted octanol–water partition coefficient (Wildman–Crippen LogP) is 25.0. The van der Waals surface area contributed by atoms with Crippen LogP contribution in [0.4, 0.5) is 0 Å².